The van der Waals surface area contributed by atoms with Crippen LogP contribution in [-0.4, -0.2) is 56.6 Å². The lowest BCUT2D eigenvalue weighted by Gasteiger charge is -2.32. The van der Waals surface area contributed by atoms with Crippen molar-refractivity contribution in [1.82, 2.24) is 5.32 Å². The summed E-state index contributed by atoms with van der Waals surface area (Å²) >= 11 is 0. The van der Waals surface area contributed by atoms with Crippen LogP contribution in [0.5, 0.6) is 0 Å². The summed E-state index contributed by atoms with van der Waals surface area (Å²) in [5.74, 6) is 0.154. The molecule has 1 aliphatic heterocycles. The molecule has 2 aromatic rings. The minimum absolute atomic E-state index is 0.0475. The minimum Gasteiger partial charge on any atom is -0.349 e. The van der Waals surface area contributed by atoms with Crippen LogP contribution in [0, 0.1) is 0 Å². The fourth-order valence-electron chi connectivity index (χ4n) is 3.84. The van der Waals surface area contributed by atoms with Gasteiger partial charge >= 0.3 is 0 Å². The summed E-state index contributed by atoms with van der Waals surface area (Å²) in [7, 11) is 0. The van der Waals surface area contributed by atoms with E-state index in [2.05, 4.69) is 22.8 Å². The number of carbonyl (C=O) groups excluding carboxylic acids is 2. The number of carbonyl (C=O) groups is 2. The normalized spacial score (nSPS) is 20.7. The van der Waals surface area contributed by atoms with Gasteiger partial charge in [0.25, 0.3) is 11.8 Å². The van der Waals surface area contributed by atoms with Gasteiger partial charge in [0.05, 0.1) is 0 Å². The van der Waals surface area contributed by atoms with Crippen molar-refractivity contribution in [2.24, 2.45) is 0 Å². The second-order valence-electron chi connectivity index (χ2n) is 8.08. The van der Waals surface area contributed by atoms with Crippen LogP contribution in [0.4, 0.5) is 5.69 Å². The third kappa shape index (κ3) is 5.30. The summed E-state index contributed by atoms with van der Waals surface area (Å²) in [6.45, 7) is 10.1. The molecule has 6 nitrogen and oxygen atoms in total. The van der Waals surface area contributed by atoms with Crippen molar-refractivity contribution in [3.05, 3.63) is 42.5 Å². The van der Waals surface area contributed by atoms with Gasteiger partial charge in [0, 0.05) is 11.7 Å². The molecule has 0 spiro atoms. The van der Waals surface area contributed by atoms with Crippen LogP contribution in [0.3, 0.4) is 0 Å². The van der Waals surface area contributed by atoms with Crippen LogP contribution in [0.1, 0.15) is 20.8 Å². The second kappa shape index (κ2) is 9.17. The molecule has 0 bridgehead atoms. The molecule has 3 rings (SSSR count). The van der Waals surface area contributed by atoms with E-state index in [9.17, 15) is 9.59 Å². The summed E-state index contributed by atoms with van der Waals surface area (Å²) in [5, 5.41) is 8.31. The zero-order valence-electron chi connectivity index (χ0n) is 17.0. The Morgan fingerprint density at radius 1 is 0.964 bits per heavy atom. The van der Waals surface area contributed by atoms with E-state index in [0.717, 1.165) is 37.3 Å². The molecule has 2 amide bonds. The maximum Gasteiger partial charge on any atom is 0.282 e. The molecule has 1 heterocycles. The van der Waals surface area contributed by atoms with E-state index in [1.54, 1.807) is 0 Å². The number of nitrogens with one attached hydrogen (secondary N) is 4. The van der Waals surface area contributed by atoms with Gasteiger partial charge in [-0.2, -0.15) is 0 Å². The van der Waals surface area contributed by atoms with Crippen LogP contribution >= 0.6 is 0 Å². The molecule has 0 saturated carbocycles. The lowest BCUT2D eigenvalue weighted by Crippen LogP contribution is -3.30. The number of rotatable bonds is 6. The number of benzene rings is 2. The Kier molecular flexibility index (Phi) is 6.65. The molecule has 0 radical (unpaired) electrons. The molecule has 150 valence electrons. The molecule has 0 unspecified atom stereocenters. The Bertz CT molecular complexity index is 828. The lowest BCUT2D eigenvalue weighted by molar-refractivity contribution is -1.01. The van der Waals surface area contributed by atoms with E-state index in [4.69, 9.17) is 0 Å². The SMILES string of the molecule is CC(C)NC(=O)C[NH+]1CC[NH+]([C@H](C)C(=O)Nc2ccc3ccccc3c2)CC1. The highest BCUT2D eigenvalue weighted by atomic mass is 16.2. The quantitative estimate of drug-likeness (QED) is 0.541. The van der Waals surface area contributed by atoms with Gasteiger partial charge < -0.3 is 20.4 Å². The molecule has 0 aliphatic carbocycles. The highest BCUT2D eigenvalue weighted by molar-refractivity contribution is 5.96. The summed E-state index contributed by atoms with van der Waals surface area (Å²) in [4.78, 5) is 27.2. The zero-order chi connectivity index (χ0) is 20.1. The maximum atomic E-state index is 12.7. The molecule has 1 fully saturated rings. The predicted octanol–water partition coefficient (Wildman–Crippen LogP) is -0.525. The third-order valence-electron chi connectivity index (χ3n) is 5.48. The summed E-state index contributed by atoms with van der Waals surface area (Å²) < 4.78 is 0. The molecule has 6 heteroatoms. The van der Waals surface area contributed by atoms with E-state index in [-0.39, 0.29) is 23.9 Å². The first kappa shape index (κ1) is 20.3. The second-order valence-corrected chi connectivity index (χ2v) is 8.08. The molecule has 2 aromatic carbocycles. The lowest BCUT2D eigenvalue weighted by atomic mass is 10.1. The highest BCUT2D eigenvalue weighted by Crippen LogP contribution is 2.18. The van der Waals surface area contributed by atoms with E-state index in [1.807, 2.05) is 51.1 Å². The van der Waals surface area contributed by atoms with Crippen molar-refractivity contribution in [3.8, 4) is 0 Å². The Morgan fingerprint density at radius 3 is 2.32 bits per heavy atom. The molecule has 1 atom stereocenters. The number of quaternary nitrogens is 2. The Morgan fingerprint density at radius 2 is 1.64 bits per heavy atom. The van der Waals surface area contributed by atoms with Gasteiger partial charge in [-0.05, 0) is 43.7 Å². The van der Waals surface area contributed by atoms with Crippen molar-refractivity contribution in [1.29, 1.82) is 0 Å². The smallest absolute Gasteiger partial charge is 0.282 e. The number of fused-ring (bicyclic) bond motifs is 1. The molecule has 28 heavy (non-hydrogen) atoms. The van der Waals surface area contributed by atoms with Gasteiger partial charge in [0.2, 0.25) is 0 Å². The van der Waals surface area contributed by atoms with Gasteiger partial charge in [0.15, 0.2) is 12.6 Å². The molecule has 4 N–H and O–H groups in total. The summed E-state index contributed by atoms with van der Waals surface area (Å²) in [6.07, 6.45) is 0. The minimum atomic E-state index is -0.113. The third-order valence-corrected chi connectivity index (χ3v) is 5.48. The molecule has 1 saturated heterocycles. The summed E-state index contributed by atoms with van der Waals surface area (Å²) in [6, 6.07) is 14.2. The largest absolute Gasteiger partial charge is 0.349 e. The molecular formula is C22H32N4O2+2. The van der Waals surface area contributed by atoms with Gasteiger partial charge in [-0.1, -0.05) is 30.3 Å². The topological polar surface area (TPSA) is 67.1 Å². The van der Waals surface area contributed by atoms with E-state index in [1.165, 1.54) is 15.2 Å². The number of anilines is 1. The Hall–Kier alpha value is -2.44. The van der Waals surface area contributed by atoms with Gasteiger partial charge in [-0.15, -0.1) is 0 Å². The number of hydrogen-bond donors (Lipinski definition) is 4. The molecule has 0 aromatic heterocycles. The monoisotopic (exact) mass is 384 g/mol. The number of hydrogen-bond acceptors (Lipinski definition) is 2. The van der Waals surface area contributed by atoms with Gasteiger partial charge in [0.1, 0.15) is 26.2 Å². The van der Waals surface area contributed by atoms with Crippen LogP contribution in [-0.2, 0) is 9.59 Å². The van der Waals surface area contributed by atoms with E-state index in [0.29, 0.717) is 6.54 Å². The average Bonchev–Trinajstić information content (AvgIpc) is 2.67. The van der Waals surface area contributed by atoms with Crippen LogP contribution < -0.4 is 20.4 Å². The Balaban J connectivity index is 1.50. The van der Waals surface area contributed by atoms with Crippen molar-refractivity contribution in [3.63, 3.8) is 0 Å². The zero-order valence-corrected chi connectivity index (χ0v) is 17.0. The number of amides is 2. The van der Waals surface area contributed by atoms with Crippen LogP contribution in [0.2, 0.25) is 0 Å². The molecule has 1 aliphatic rings. The first-order valence-corrected chi connectivity index (χ1v) is 10.2. The number of piperazine rings is 1. The maximum absolute atomic E-state index is 12.7. The first-order valence-electron chi connectivity index (χ1n) is 10.2. The Labute approximate surface area is 166 Å². The van der Waals surface area contributed by atoms with Crippen LogP contribution in [0.15, 0.2) is 42.5 Å². The van der Waals surface area contributed by atoms with E-state index >= 15 is 0 Å². The van der Waals surface area contributed by atoms with Gasteiger partial charge in [-0.25, -0.2) is 0 Å². The molecular weight excluding hydrogens is 352 g/mol. The van der Waals surface area contributed by atoms with Gasteiger partial charge in [-0.3, -0.25) is 9.59 Å². The predicted molar refractivity (Wildman–Crippen MR) is 112 cm³/mol. The first-order chi connectivity index (χ1) is 13.4. The van der Waals surface area contributed by atoms with Crippen molar-refractivity contribution < 1.29 is 19.4 Å². The standard InChI is InChI=1S/C22H30N4O2/c1-16(2)23-21(27)15-25-10-12-26(13-11-25)17(3)22(28)24-20-9-8-18-6-4-5-7-19(18)14-20/h4-9,14,16-17H,10-13,15H2,1-3H3,(H,23,27)(H,24,28)/p+2/t17-/m1/s1. The van der Waals surface area contributed by atoms with Crippen molar-refractivity contribution in [2.45, 2.75) is 32.9 Å². The summed E-state index contributed by atoms with van der Waals surface area (Å²) in [5.41, 5.74) is 0.838. The van der Waals surface area contributed by atoms with Crippen molar-refractivity contribution >= 4 is 28.3 Å². The van der Waals surface area contributed by atoms with Crippen LogP contribution in [0.25, 0.3) is 10.8 Å². The average molecular weight is 385 g/mol. The highest BCUT2D eigenvalue weighted by Gasteiger charge is 2.31. The fraction of sp³-hybridized carbons (Fsp3) is 0.455. The van der Waals surface area contributed by atoms with E-state index < -0.39 is 0 Å². The van der Waals surface area contributed by atoms with Crippen molar-refractivity contribution in [2.75, 3.05) is 38.0 Å². The fourth-order valence-corrected chi connectivity index (χ4v) is 3.84.